The third-order valence-electron chi connectivity index (χ3n) is 6.93. The van der Waals surface area contributed by atoms with E-state index in [0.717, 1.165) is 12.2 Å². The van der Waals surface area contributed by atoms with Crippen LogP contribution in [-0.4, -0.2) is 27.3 Å². The van der Waals surface area contributed by atoms with Crippen LogP contribution in [0.3, 0.4) is 0 Å². The summed E-state index contributed by atoms with van der Waals surface area (Å²) < 4.78 is 11.3. The summed E-state index contributed by atoms with van der Waals surface area (Å²) in [6, 6.07) is 40.9. The van der Waals surface area contributed by atoms with Crippen molar-refractivity contribution in [1.82, 2.24) is 0 Å². The Morgan fingerprint density at radius 2 is 1.06 bits per heavy atom. The molecule has 184 valence electrons. The second-order valence-electron chi connectivity index (χ2n) is 9.59. The van der Waals surface area contributed by atoms with Crippen LogP contribution in [0, 0.1) is 5.41 Å². The van der Waals surface area contributed by atoms with Crippen LogP contribution in [0.25, 0.3) is 0 Å². The highest BCUT2D eigenvalue weighted by molar-refractivity contribution is 7.19. The van der Waals surface area contributed by atoms with Crippen LogP contribution >= 0.6 is 0 Å². The van der Waals surface area contributed by atoms with Crippen molar-refractivity contribution in [3.63, 3.8) is 0 Å². The topological polar surface area (TPSA) is 35.5 Å². The lowest BCUT2D eigenvalue weighted by Crippen LogP contribution is -2.74. The van der Waals surface area contributed by atoms with E-state index < -0.39 is 13.5 Å². The molecule has 0 aliphatic rings. The largest absolute Gasteiger partial charge is 0.490 e. The fourth-order valence-corrected chi connectivity index (χ4v) is 9.24. The van der Waals surface area contributed by atoms with Gasteiger partial charge in [-0.25, -0.2) is 0 Å². The van der Waals surface area contributed by atoms with Crippen LogP contribution in [-0.2, 0) is 9.53 Å². The molecule has 0 radical (unpaired) electrons. The molecule has 0 fully saturated rings. The molecule has 0 saturated carbocycles. The van der Waals surface area contributed by atoms with E-state index >= 15 is 0 Å². The Balaban J connectivity index is 1.65. The van der Waals surface area contributed by atoms with Gasteiger partial charge in [0.2, 0.25) is 0 Å². The molecule has 0 aliphatic carbocycles. The highest BCUT2D eigenvalue weighted by atomic mass is 28.3. The van der Waals surface area contributed by atoms with Crippen LogP contribution in [0.15, 0.2) is 115 Å². The normalized spacial score (nSPS) is 11.6. The molecule has 0 aromatic heterocycles. The third-order valence-corrected chi connectivity index (χ3v) is 11.7. The summed E-state index contributed by atoms with van der Waals surface area (Å²) in [5.74, 6) is 0.579. The van der Waals surface area contributed by atoms with Gasteiger partial charge < -0.3 is 9.47 Å². The third kappa shape index (κ3) is 5.29. The van der Waals surface area contributed by atoms with Gasteiger partial charge in [-0.05, 0) is 53.1 Å². The molecule has 3 nitrogen and oxygen atoms in total. The molecule has 4 aromatic carbocycles. The molecule has 36 heavy (non-hydrogen) atoms. The number of ether oxygens (including phenoxy) is 2. The predicted octanol–water partition coefficient (Wildman–Crippen LogP) is 4.42. The van der Waals surface area contributed by atoms with Gasteiger partial charge in [-0.15, -0.1) is 0 Å². The lowest BCUT2D eigenvalue weighted by atomic mass is 9.91. The average Bonchev–Trinajstić information content (AvgIpc) is 2.94. The maximum Gasteiger partial charge on any atom is 0.311 e. The van der Waals surface area contributed by atoms with Crippen LogP contribution in [0.1, 0.15) is 27.2 Å². The maximum absolute atomic E-state index is 12.2. The zero-order chi connectivity index (χ0) is 25.4. The Kier molecular flexibility index (Phi) is 8.06. The molecule has 0 N–H and O–H groups in total. The molecule has 0 unspecified atom stereocenters. The van der Waals surface area contributed by atoms with Gasteiger partial charge in [-0.2, -0.15) is 0 Å². The number of rotatable bonds is 10. The number of hydrogen-bond donors (Lipinski definition) is 0. The second-order valence-corrected chi connectivity index (χ2v) is 13.4. The zero-order valence-electron chi connectivity index (χ0n) is 21.3. The Bertz CT molecular complexity index is 1140. The van der Waals surface area contributed by atoms with E-state index in [4.69, 9.17) is 9.47 Å². The van der Waals surface area contributed by atoms with Crippen LogP contribution < -0.4 is 25.5 Å². The van der Waals surface area contributed by atoms with Gasteiger partial charge in [0.15, 0.2) is 8.07 Å². The Hall–Kier alpha value is -3.63. The highest BCUT2D eigenvalue weighted by Gasteiger charge is 2.41. The van der Waals surface area contributed by atoms with Crippen molar-refractivity contribution in [2.24, 2.45) is 5.41 Å². The first-order valence-corrected chi connectivity index (χ1v) is 14.6. The summed E-state index contributed by atoms with van der Waals surface area (Å²) >= 11 is 0. The minimum atomic E-state index is -2.53. The van der Waals surface area contributed by atoms with E-state index in [1.807, 2.05) is 32.9 Å². The quantitative estimate of drug-likeness (QED) is 0.142. The van der Waals surface area contributed by atoms with E-state index in [1.54, 1.807) is 0 Å². The predicted molar refractivity (Wildman–Crippen MR) is 151 cm³/mol. The Morgan fingerprint density at radius 3 is 1.47 bits per heavy atom. The SMILES string of the molecule is CCC(C)(C)C(=O)OCCOc1ccc([Si](c2ccccc2)(c2ccccc2)c2ccccc2)cc1. The first kappa shape index (κ1) is 25.5. The van der Waals surface area contributed by atoms with Crippen molar-refractivity contribution in [3.05, 3.63) is 115 Å². The fraction of sp³-hybridized carbons (Fsp3) is 0.219. The Labute approximate surface area is 215 Å². The van der Waals surface area contributed by atoms with E-state index in [-0.39, 0.29) is 12.6 Å². The summed E-state index contributed by atoms with van der Waals surface area (Å²) in [6.45, 7) is 6.35. The molecule has 0 spiro atoms. The van der Waals surface area contributed by atoms with E-state index in [0.29, 0.717) is 6.61 Å². The van der Waals surface area contributed by atoms with Gasteiger partial charge in [-0.3, -0.25) is 4.79 Å². The van der Waals surface area contributed by atoms with Crippen molar-refractivity contribution in [2.75, 3.05) is 13.2 Å². The first-order chi connectivity index (χ1) is 17.5. The van der Waals surface area contributed by atoms with Gasteiger partial charge in [0, 0.05) is 0 Å². The van der Waals surface area contributed by atoms with E-state index in [1.165, 1.54) is 20.7 Å². The van der Waals surface area contributed by atoms with Crippen molar-refractivity contribution < 1.29 is 14.3 Å². The van der Waals surface area contributed by atoms with Gasteiger partial charge in [0.1, 0.15) is 19.0 Å². The van der Waals surface area contributed by atoms with Crippen LogP contribution in [0.4, 0.5) is 0 Å². The lowest BCUT2D eigenvalue weighted by Gasteiger charge is -2.34. The van der Waals surface area contributed by atoms with E-state index in [2.05, 4.69) is 103 Å². The minimum Gasteiger partial charge on any atom is -0.490 e. The molecule has 0 aliphatic heterocycles. The lowest BCUT2D eigenvalue weighted by molar-refractivity contribution is -0.154. The molecule has 4 aromatic rings. The summed E-state index contributed by atoms with van der Waals surface area (Å²) in [6.07, 6.45) is 0.740. The summed E-state index contributed by atoms with van der Waals surface area (Å²) in [5, 5.41) is 5.29. The fourth-order valence-electron chi connectivity index (χ4n) is 4.50. The standard InChI is InChI=1S/C32H34O3Si/c1-4-32(2,3)31(33)35-25-24-34-26-20-22-30(23-21-26)36(27-14-8-5-9-15-27,28-16-10-6-11-17-28)29-18-12-7-13-19-29/h5-23H,4,24-25H2,1-3H3. The van der Waals surface area contributed by atoms with Crippen molar-refractivity contribution in [2.45, 2.75) is 27.2 Å². The molecule has 4 rings (SSSR count). The monoisotopic (exact) mass is 494 g/mol. The average molecular weight is 495 g/mol. The molecule has 4 heteroatoms. The van der Waals surface area contributed by atoms with Crippen molar-refractivity contribution in [1.29, 1.82) is 0 Å². The first-order valence-electron chi connectivity index (χ1n) is 12.6. The summed E-state index contributed by atoms with van der Waals surface area (Å²) in [7, 11) is -2.53. The van der Waals surface area contributed by atoms with Crippen molar-refractivity contribution in [3.8, 4) is 5.75 Å². The summed E-state index contributed by atoms with van der Waals surface area (Å²) in [4.78, 5) is 12.2. The molecule has 0 heterocycles. The maximum atomic E-state index is 12.2. The number of hydrogen-bond acceptors (Lipinski definition) is 3. The number of benzene rings is 4. The summed E-state index contributed by atoms with van der Waals surface area (Å²) in [5.41, 5.74) is -0.470. The van der Waals surface area contributed by atoms with Crippen LogP contribution in [0.5, 0.6) is 5.75 Å². The smallest absolute Gasteiger partial charge is 0.311 e. The molecular weight excluding hydrogens is 460 g/mol. The minimum absolute atomic E-state index is 0.187. The Morgan fingerprint density at radius 1 is 0.639 bits per heavy atom. The highest BCUT2D eigenvalue weighted by Crippen LogP contribution is 2.21. The van der Waals surface area contributed by atoms with Crippen LogP contribution in [0.2, 0.25) is 0 Å². The van der Waals surface area contributed by atoms with Gasteiger partial charge in [0.25, 0.3) is 0 Å². The molecule has 0 atom stereocenters. The van der Waals surface area contributed by atoms with Gasteiger partial charge >= 0.3 is 5.97 Å². The molecule has 0 saturated heterocycles. The number of carbonyl (C=O) groups excluding carboxylic acids is 1. The number of esters is 1. The van der Waals surface area contributed by atoms with Gasteiger partial charge in [0.05, 0.1) is 5.41 Å². The zero-order valence-corrected chi connectivity index (χ0v) is 22.3. The van der Waals surface area contributed by atoms with Gasteiger partial charge in [-0.1, -0.05) is 110 Å². The number of carbonyl (C=O) groups is 1. The van der Waals surface area contributed by atoms with Crippen molar-refractivity contribution >= 4 is 34.8 Å². The van der Waals surface area contributed by atoms with E-state index in [9.17, 15) is 4.79 Å². The molecule has 0 bridgehead atoms. The second kappa shape index (κ2) is 11.4. The molecular formula is C32H34O3Si. The molecule has 0 amide bonds.